The van der Waals surface area contributed by atoms with Crippen LogP contribution >= 0.6 is 0 Å². The zero-order valence-corrected chi connectivity index (χ0v) is 12.8. The van der Waals surface area contributed by atoms with E-state index < -0.39 is 10.0 Å². The third kappa shape index (κ3) is 2.17. The van der Waals surface area contributed by atoms with Gasteiger partial charge in [-0.25, -0.2) is 8.42 Å². The third-order valence-electron chi connectivity index (χ3n) is 4.67. The number of hydrogen-bond acceptors (Lipinski definition) is 4. The molecule has 2 heterocycles. The van der Waals surface area contributed by atoms with Gasteiger partial charge in [-0.15, -0.1) is 0 Å². The maximum atomic E-state index is 12.8. The standard InChI is InChI=1S/C13H22N4O2S/c1-9-12(6-14-2)13(16-15-9)20(18,19)17-7-10-4-3-5-11(10)8-17/h10-11,14H,3-8H2,1-2H3,(H,15,16). The van der Waals surface area contributed by atoms with E-state index >= 15 is 0 Å². The number of nitrogens with one attached hydrogen (secondary N) is 2. The van der Waals surface area contributed by atoms with Crippen LogP contribution in [0.3, 0.4) is 0 Å². The van der Waals surface area contributed by atoms with E-state index in [2.05, 4.69) is 15.5 Å². The summed E-state index contributed by atoms with van der Waals surface area (Å²) in [6.45, 7) is 3.70. The van der Waals surface area contributed by atoms with Crippen molar-refractivity contribution in [2.45, 2.75) is 37.8 Å². The number of aryl methyl sites for hydroxylation is 1. The molecule has 6 nitrogen and oxygen atoms in total. The molecule has 0 spiro atoms. The van der Waals surface area contributed by atoms with E-state index in [-0.39, 0.29) is 5.03 Å². The molecule has 1 aliphatic carbocycles. The third-order valence-corrected chi connectivity index (χ3v) is 6.47. The van der Waals surface area contributed by atoms with Gasteiger partial charge in [-0.2, -0.15) is 9.40 Å². The Morgan fingerprint density at radius 3 is 2.60 bits per heavy atom. The van der Waals surface area contributed by atoms with Crippen LogP contribution in [0.25, 0.3) is 0 Å². The molecular formula is C13H22N4O2S. The number of sulfonamides is 1. The largest absolute Gasteiger partial charge is 0.316 e. The van der Waals surface area contributed by atoms with Crippen molar-refractivity contribution < 1.29 is 8.42 Å². The molecule has 2 unspecified atom stereocenters. The molecule has 1 saturated carbocycles. The number of rotatable bonds is 4. The van der Waals surface area contributed by atoms with Crippen LogP contribution in [-0.2, 0) is 16.6 Å². The van der Waals surface area contributed by atoms with Crippen molar-refractivity contribution in [1.29, 1.82) is 0 Å². The monoisotopic (exact) mass is 298 g/mol. The first-order chi connectivity index (χ1) is 9.54. The number of hydrogen-bond donors (Lipinski definition) is 2. The van der Waals surface area contributed by atoms with Crippen molar-refractivity contribution in [2.24, 2.45) is 11.8 Å². The van der Waals surface area contributed by atoms with Gasteiger partial charge < -0.3 is 5.32 Å². The Morgan fingerprint density at radius 2 is 2.00 bits per heavy atom. The maximum Gasteiger partial charge on any atom is 0.262 e. The molecule has 3 rings (SSSR count). The molecule has 2 N–H and O–H groups in total. The molecule has 0 radical (unpaired) electrons. The Bertz CT molecular complexity index is 584. The number of nitrogens with zero attached hydrogens (tertiary/aromatic N) is 2. The summed E-state index contributed by atoms with van der Waals surface area (Å²) in [6, 6.07) is 0. The van der Waals surface area contributed by atoms with Gasteiger partial charge >= 0.3 is 0 Å². The van der Waals surface area contributed by atoms with Crippen LogP contribution in [0.15, 0.2) is 5.03 Å². The maximum absolute atomic E-state index is 12.8. The molecule has 1 saturated heterocycles. The fourth-order valence-electron chi connectivity index (χ4n) is 3.54. The predicted molar refractivity (Wildman–Crippen MR) is 75.7 cm³/mol. The van der Waals surface area contributed by atoms with Gasteiger partial charge in [-0.1, -0.05) is 6.42 Å². The first-order valence-electron chi connectivity index (χ1n) is 7.22. The summed E-state index contributed by atoms with van der Waals surface area (Å²) in [5.41, 5.74) is 1.57. The smallest absolute Gasteiger partial charge is 0.262 e. The van der Waals surface area contributed by atoms with Crippen molar-refractivity contribution in [3.05, 3.63) is 11.3 Å². The van der Waals surface area contributed by atoms with Crippen LogP contribution < -0.4 is 5.32 Å². The molecule has 2 aliphatic rings. The topological polar surface area (TPSA) is 78.1 Å². The highest BCUT2D eigenvalue weighted by Gasteiger charge is 2.42. The van der Waals surface area contributed by atoms with Crippen molar-refractivity contribution in [2.75, 3.05) is 20.1 Å². The molecule has 0 aromatic carbocycles. The van der Waals surface area contributed by atoms with Crippen LogP contribution in [0, 0.1) is 18.8 Å². The minimum atomic E-state index is -3.46. The normalized spacial score (nSPS) is 27.1. The van der Waals surface area contributed by atoms with E-state index in [1.807, 2.05) is 14.0 Å². The number of fused-ring (bicyclic) bond motifs is 1. The lowest BCUT2D eigenvalue weighted by Gasteiger charge is -2.16. The molecule has 1 aromatic rings. The van der Waals surface area contributed by atoms with Crippen LogP contribution in [0.5, 0.6) is 0 Å². The van der Waals surface area contributed by atoms with Crippen LogP contribution in [0.1, 0.15) is 30.5 Å². The average molecular weight is 298 g/mol. The molecule has 112 valence electrons. The second-order valence-electron chi connectivity index (χ2n) is 5.94. The molecule has 1 aliphatic heterocycles. The van der Waals surface area contributed by atoms with Crippen molar-refractivity contribution in [3.8, 4) is 0 Å². The van der Waals surface area contributed by atoms with Gasteiger partial charge in [0.1, 0.15) is 0 Å². The van der Waals surface area contributed by atoms with Gasteiger partial charge in [0.2, 0.25) is 0 Å². The summed E-state index contributed by atoms with van der Waals surface area (Å²) in [5.74, 6) is 1.11. The van der Waals surface area contributed by atoms with Crippen molar-refractivity contribution in [3.63, 3.8) is 0 Å². The minimum absolute atomic E-state index is 0.198. The summed E-state index contributed by atoms with van der Waals surface area (Å²) >= 11 is 0. The lowest BCUT2D eigenvalue weighted by atomic mass is 10.0. The summed E-state index contributed by atoms with van der Waals surface area (Å²) < 4.78 is 27.2. The van der Waals surface area contributed by atoms with Gasteiger partial charge in [0, 0.05) is 30.9 Å². The quantitative estimate of drug-likeness (QED) is 0.864. The molecule has 20 heavy (non-hydrogen) atoms. The fraction of sp³-hybridized carbons (Fsp3) is 0.769. The SMILES string of the molecule is CNCc1c(S(=O)(=O)N2CC3CCCC3C2)n[nH]c1C. The molecule has 0 amide bonds. The van der Waals surface area contributed by atoms with Crippen molar-refractivity contribution >= 4 is 10.0 Å². The summed E-state index contributed by atoms with van der Waals surface area (Å²) in [6.07, 6.45) is 3.58. The van der Waals surface area contributed by atoms with Gasteiger partial charge in [0.15, 0.2) is 5.03 Å². The lowest BCUT2D eigenvalue weighted by Crippen LogP contribution is -2.31. The van der Waals surface area contributed by atoms with Crippen LogP contribution in [0.4, 0.5) is 0 Å². The summed E-state index contributed by atoms with van der Waals surface area (Å²) in [5, 5.41) is 10.1. The van der Waals surface area contributed by atoms with Gasteiger partial charge in [0.25, 0.3) is 10.0 Å². The summed E-state index contributed by atoms with van der Waals surface area (Å²) in [4.78, 5) is 0. The Balaban J connectivity index is 1.89. The fourth-order valence-corrected chi connectivity index (χ4v) is 5.26. The lowest BCUT2D eigenvalue weighted by molar-refractivity contribution is 0.442. The van der Waals surface area contributed by atoms with E-state index in [0.29, 0.717) is 31.5 Å². The number of aromatic amines is 1. The van der Waals surface area contributed by atoms with E-state index in [1.165, 1.54) is 19.3 Å². The Morgan fingerprint density at radius 1 is 1.35 bits per heavy atom. The molecule has 7 heteroatoms. The van der Waals surface area contributed by atoms with Gasteiger partial charge in [-0.05, 0) is 38.6 Å². The number of H-pyrrole nitrogens is 1. The molecule has 1 aromatic heterocycles. The molecule has 0 bridgehead atoms. The Labute approximate surface area is 120 Å². The highest BCUT2D eigenvalue weighted by molar-refractivity contribution is 7.89. The highest BCUT2D eigenvalue weighted by Crippen LogP contribution is 2.39. The van der Waals surface area contributed by atoms with Gasteiger partial charge in [-0.3, -0.25) is 5.10 Å². The Kier molecular flexibility index (Phi) is 3.60. The van der Waals surface area contributed by atoms with Crippen molar-refractivity contribution in [1.82, 2.24) is 19.8 Å². The molecular weight excluding hydrogens is 276 g/mol. The van der Waals surface area contributed by atoms with Crippen LogP contribution in [-0.4, -0.2) is 43.1 Å². The molecule has 2 atom stereocenters. The Hall–Kier alpha value is -0.920. The van der Waals surface area contributed by atoms with E-state index in [0.717, 1.165) is 11.3 Å². The van der Waals surface area contributed by atoms with E-state index in [9.17, 15) is 8.42 Å². The second kappa shape index (κ2) is 5.13. The van der Waals surface area contributed by atoms with Crippen LogP contribution in [0.2, 0.25) is 0 Å². The van der Waals surface area contributed by atoms with E-state index in [1.54, 1.807) is 4.31 Å². The highest BCUT2D eigenvalue weighted by atomic mass is 32.2. The van der Waals surface area contributed by atoms with E-state index in [4.69, 9.17) is 0 Å². The zero-order chi connectivity index (χ0) is 14.3. The predicted octanol–water partition coefficient (Wildman–Crippen LogP) is 0.858. The number of aromatic nitrogens is 2. The minimum Gasteiger partial charge on any atom is -0.316 e. The molecule has 2 fully saturated rings. The second-order valence-corrected chi connectivity index (χ2v) is 7.79. The summed E-state index contributed by atoms with van der Waals surface area (Å²) in [7, 11) is -1.65. The zero-order valence-electron chi connectivity index (χ0n) is 12.0. The first kappa shape index (κ1) is 14.0. The average Bonchev–Trinajstić information content (AvgIpc) is 3.04. The van der Waals surface area contributed by atoms with Gasteiger partial charge in [0.05, 0.1) is 0 Å². The first-order valence-corrected chi connectivity index (χ1v) is 8.66.